The molecule has 2 radical (unpaired) electrons. The molecule has 5 nitrogen and oxygen atoms in total. The maximum absolute atomic E-state index is 11.1. The van der Waals surface area contributed by atoms with Crippen molar-refractivity contribution < 1.29 is 40.3 Å². The van der Waals surface area contributed by atoms with Crippen LogP contribution in [0.2, 0.25) is 0 Å². The minimum absolute atomic E-state index is 0. The van der Waals surface area contributed by atoms with E-state index in [-0.39, 0.29) is 22.7 Å². The quantitative estimate of drug-likeness (QED) is 0.444. The summed E-state index contributed by atoms with van der Waals surface area (Å²) < 4.78 is 27.5. The van der Waals surface area contributed by atoms with Gasteiger partial charge in [0.05, 0.1) is 0 Å². The predicted molar refractivity (Wildman–Crippen MR) is 54.4 cm³/mol. The number of carbonyl (C=O) groups is 1. The molecule has 0 amide bonds. The molecule has 0 N–H and O–H groups in total. The molecule has 100 valence electrons. The summed E-state index contributed by atoms with van der Waals surface area (Å²) in [7, 11) is 0. The first-order valence-corrected chi connectivity index (χ1v) is 4.60. The van der Waals surface area contributed by atoms with Crippen molar-refractivity contribution in [3.05, 3.63) is 37.2 Å². The molecule has 0 spiro atoms. The van der Waals surface area contributed by atoms with Crippen molar-refractivity contribution in [1.29, 1.82) is 0 Å². The van der Waals surface area contributed by atoms with E-state index in [4.69, 9.17) is 18.7 Å². The van der Waals surface area contributed by atoms with Gasteiger partial charge in [-0.2, -0.15) is 0 Å². The van der Waals surface area contributed by atoms with Crippen molar-refractivity contribution in [2.75, 3.05) is 0 Å². The Balaban J connectivity index is -0.000000123. The van der Waals surface area contributed by atoms with Crippen LogP contribution in [0.5, 0.6) is 0 Å². The average molecular weight is 296 g/mol. The van der Waals surface area contributed by atoms with Crippen LogP contribution in [0.3, 0.4) is 0 Å². The van der Waals surface area contributed by atoms with Gasteiger partial charge in [-0.15, -0.1) is 0 Å². The molecule has 1 heterocycles. The van der Waals surface area contributed by atoms with Crippen LogP contribution in [-0.2, 0) is 40.3 Å². The van der Waals surface area contributed by atoms with Crippen molar-refractivity contribution >= 4 is 5.97 Å². The van der Waals surface area contributed by atoms with E-state index in [1.165, 1.54) is 0 Å². The summed E-state index contributed by atoms with van der Waals surface area (Å²) in [6.07, 6.45) is 2.45. The van der Waals surface area contributed by atoms with Crippen LogP contribution in [0.4, 0.5) is 0 Å². The van der Waals surface area contributed by atoms with Crippen LogP contribution in [0.1, 0.15) is 33.6 Å². The van der Waals surface area contributed by atoms with E-state index >= 15 is 0 Å². The monoisotopic (exact) mass is 296 g/mol. The van der Waals surface area contributed by atoms with E-state index < -0.39 is 0 Å². The summed E-state index contributed by atoms with van der Waals surface area (Å²) >= 11 is 0. The Labute approximate surface area is 117 Å². The Morgan fingerprint density at radius 1 is 0.944 bits per heavy atom. The predicted octanol–water partition coefficient (Wildman–Crippen LogP) is 2.10. The SMILES string of the molecule is CCC1=C(CC)C(=O)O[C]1C.[C-]#[O+].[C-]#[O+].[C-]#[O+].[Co]. The largest absolute Gasteiger partial charge is 0 e. The van der Waals surface area contributed by atoms with Gasteiger partial charge in [0, 0.05) is 22.4 Å². The minimum Gasteiger partial charge on any atom is 0 e. The zero-order valence-corrected chi connectivity index (χ0v) is 11.3. The molecule has 0 atom stereocenters. The van der Waals surface area contributed by atoms with Crippen LogP contribution in [0.15, 0.2) is 11.1 Å². The first-order chi connectivity index (χ1) is 8.20. The van der Waals surface area contributed by atoms with Gasteiger partial charge in [-0.05, 0) is 25.3 Å². The van der Waals surface area contributed by atoms with Gasteiger partial charge in [0.15, 0.2) is 6.10 Å². The van der Waals surface area contributed by atoms with Gasteiger partial charge in [-0.3, -0.25) is 0 Å². The van der Waals surface area contributed by atoms with Crippen molar-refractivity contribution in [2.45, 2.75) is 33.6 Å². The molecule has 1 aliphatic heterocycles. The molecule has 0 unspecified atom stereocenters. The van der Waals surface area contributed by atoms with Crippen LogP contribution in [0.25, 0.3) is 0 Å². The summed E-state index contributed by atoms with van der Waals surface area (Å²) in [6, 6.07) is 0. The van der Waals surface area contributed by atoms with Crippen LogP contribution < -0.4 is 0 Å². The van der Waals surface area contributed by atoms with E-state index in [1.807, 2.05) is 20.8 Å². The third-order valence-corrected chi connectivity index (χ3v) is 1.99. The van der Waals surface area contributed by atoms with Gasteiger partial charge in [0.25, 0.3) is 0 Å². The zero-order valence-electron chi connectivity index (χ0n) is 10.3. The van der Waals surface area contributed by atoms with Crippen molar-refractivity contribution in [1.82, 2.24) is 0 Å². The van der Waals surface area contributed by atoms with Crippen molar-refractivity contribution in [3.63, 3.8) is 0 Å². The van der Waals surface area contributed by atoms with E-state index in [0.717, 1.165) is 30.1 Å². The second kappa shape index (κ2) is 18.3. The van der Waals surface area contributed by atoms with Gasteiger partial charge in [0.1, 0.15) is 0 Å². The Bertz CT molecular complexity index is 300. The molecule has 1 aliphatic rings. The third kappa shape index (κ3) is 8.09. The molecular weight excluding hydrogens is 283 g/mol. The molecule has 18 heavy (non-hydrogen) atoms. The number of hydrogen-bond acceptors (Lipinski definition) is 2. The van der Waals surface area contributed by atoms with E-state index in [2.05, 4.69) is 20.0 Å². The first kappa shape index (κ1) is 25.7. The van der Waals surface area contributed by atoms with E-state index in [0.29, 0.717) is 0 Å². The fourth-order valence-electron chi connectivity index (χ4n) is 1.42. The smallest absolute Gasteiger partial charge is 0 e. The van der Waals surface area contributed by atoms with Gasteiger partial charge >= 0.3 is 39.9 Å². The Morgan fingerprint density at radius 3 is 1.50 bits per heavy atom. The van der Waals surface area contributed by atoms with Gasteiger partial charge in [0.2, 0.25) is 0 Å². The number of carbonyl (C=O) groups excluding carboxylic acids is 1. The summed E-state index contributed by atoms with van der Waals surface area (Å²) in [4.78, 5) is 11.1. The number of hydrogen-bond donors (Lipinski definition) is 0. The van der Waals surface area contributed by atoms with Gasteiger partial charge < -0.3 is 4.74 Å². The summed E-state index contributed by atoms with van der Waals surface area (Å²) in [5.41, 5.74) is 1.95. The molecule has 0 aromatic heterocycles. The second-order valence-corrected chi connectivity index (χ2v) is 2.61. The van der Waals surface area contributed by atoms with Crippen LogP contribution in [-0.4, -0.2) is 5.97 Å². The maximum atomic E-state index is 11.1. The topological polar surface area (TPSA) is 86.0 Å². The maximum Gasteiger partial charge on any atom is 0 e. The summed E-state index contributed by atoms with van der Waals surface area (Å²) in [5.74, 6) is -0.151. The molecule has 0 saturated heterocycles. The van der Waals surface area contributed by atoms with Crippen molar-refractivity contribution in [3.8, 4) is 0 Å². The molecule has 0 aromatic carbocycles. The summed E-state index contributed by atoms with van der Waals surface area (Å²) in [5, 5.41) is 0. The first-order valence-electron chi connectivity index (χ1n) is 4.60. The standard InChI is InChI=1S/C9H13O2.3CO.Co/c1-4-7-6(3)11-9(10)8(7)5-2;3*1-2;/h4-5H2,1-3H3;;;;. The fraction of sp³-hybridized carbons (Fsp3) is 0.417. The Morgan fingerprint density at radius 2 is 1.28 bits per heavy atom. The molecule has 6 heteroatoms. The van der Waals surface area contributed by atoms with Crippen LogP contribution >= 0.6 is 0 Å². The Kier molecular flexibility index (Phi) is 26.1. The molecule has 1 rings (SSSR count). The van der Waals surface area contributed by atoms with Crippen LogP contribution in [0, 0.1) is 26.1 Å². The molecule has 0 fully saturated rings. The van der Waals surface area contributed by atoms with Crippen molar-refractivity contribution in [2.24, 2.45) is 0 Å². The fourth-order valence-corrected chi connectivity index (χ4v) is 1.42. The molecule has 0 saturated carbocycles. The van der Waals surface area contributed by atoms with E-state index in [1.54, 1.807) is 0 Å². The van der Waals surface area contributed by atoms with Gasteiger partial charge in [-0.25, -0.2) is 4.79 Å². The number of esters is 1. The number of cyclic esters (lactones) is 1. The third-order valence-electron chi connectivity index (χ3n) is 1.99. The summed E-state index contributed by atoms with van der Waals surface area (Å²) in [6.45, 7) is 19.4. The average Bonchev–Trinajstić information content (AvgIpc) is 2.70. The molecule has 0 aromatic rings. The number of ether oxygens (including phenoxy) is 1. The normalized spacial score (nSPS) is 12.2. The molecular formula is C12H13CoO5. The van der Waals surface area contributed by atoms with E-state index in [9.17, 15) is 4.79 Å². The second-order valence-electron chi connectivity index (χ2n) is 2.61. The molecule has 0 aliphatic carbocycles. The number of rotatable bonds is 2. The minimum atomic E-state index is -0.151. The Hall–Kier alpha value is -1.06. The van der Waals surface area contributed by atoms with Gasteiger partial charge in [-0.1, -0.05) is 13.8 Å². The molecule has 0 bridgehead atoms. The zero-order chi connectivity index (χ0) is 14.4.